The fourth-order valence-corrected chi connectivity index (χ4v) is 6.89. The van der Waals surface area contributed by atoms with Crippen molar-refractivity contribution in [2.24, 2.45) is 10.4 Å². The zero-order valence-corrected chi connectivity index (χ0v) is 26.2. The summed E-state index contributed by atoms with van der Waals surface area (Å²) in [6.07, 6.45) is 3.95. The third kappa shape index (κ3) is 5.45. The van der Waals surface area contributed by atoms with Crippen LogP contribution >= 0.6 is 23.2 Å². The van der Waals surface area contributed by atoms with Gasteiger partial charge in [-0.2, -0.15) is 0 Å². The van der Waals surface area contributed by atoms with E-state index >= 15 is 0 Å². The van der Waals surface area contributed by atoms with Gasteiger partial charge < -0.3 is 20.1 Å². The normalized spacial score (nSPS) is 17.1. The summed E-state index contributed by atoms with van der Waals surface area (Å²) in [5.74, 6) is 1.58. The molecule has 2 aromatic carbocycles. The summed E-state index contributed by atoms with van der Waals surface area (Å²) in [6.45, 7) is 4.41. The molecule has 0 saturated carbocycles. The average molecular weight is 646 g/mol. The fourth-order valence-electron chi connectivity index (χ4n) is 6.24. The van der Waals surface area contributed by atoms with Crippen LogP contribution < -0.4 is 20.1 Å². The van der Waals surface area contributed by atoms with Crippen LogP contribution in [-0.2, 0) is 11.3 Å². The Hall–Kier alpha value is -4.32. The molecule has 230 valence electrons. The van der Waals surface area contributed by atoms with Crippen molar-refractivity contribution in [3.05, 3.63) is 70.2 Å². The summed E-state index contributed by atoms with van der Waals surface area (Å²) in [5, 5.41) is 7.10. The molecule has 2 saturated heterocycles. The zero-order valence-electron chi connectivity index (χ0n) is 24.7. The summed E-state index contributed by atoms with van der Waals surface area (Å²) < 4.78 is 11.2. The average Bonchev–Trinajstić information content (AvgIpc) is 3.72. The Kier molecular flexibility index (Phi) is 7.76. The molecule has 3 aliphatic rings. The smallest absolute Gasteiger partial charge is 0.244 e. The molecule has 45 heavy (non-hydrogen) atoms. The van der Waals surface area contributed by atoms with Crippen LogP contribution in [0.4, 0.5) is 0 Å². The number of amidine groups is 1. The van der Waals surface area contributed by atoms with Crippen LogP contribution in [0.1, 0.15) is 17.8 Å². The van der Waals surface area contributed by atoms with E-state index in [1.165, 1.54) is 0 Å². The molecule has 0 atom stereocenters. The molecular formula is C32H30Cl2N8O3. The second-order valence-corrected chi connectivity index (χ2v) is 12.2. The number of carbonyl (C=O) groups is 1. The van der Waals surface area contributed by atoms with Gasteiger partial charge in [-0.05, 0) is 0 Å². The van der Waals surface area contributed by atoms with E-state index in [9.17, 15) is 4.79 Å². The summed E-state index contributed by atoms with van der Waals surface area (Å²) in [7, 11) is 3.14. The molecule has 0 radical (unpaired) electrons. The highest BCUT2D eigenvalue weighted by molar-refractivity contribution is 6.39. The molecule has 1 spiro atoms. The van der Waals surface area contributed by atoms with E-state index in [1.54, 1.807) is 26.6 Å². The van der Waals surface area contributed by atoms with E-state index in [2.05, 4.69) is 25.5 Å². The Morgan fingerprint density at radius 2 is 1.49 bits per heavy atom. The molecule has 13 heteroatoms. The largest absolute Gasteiger partial charge is 0.480 e. The van der Waals surface area contributed by atoms with Crippen molar-refractivity contribution >= 4 is 34.9 Å². The zero-order chi connectivity index (χ0) is 31.1. The van der Waals surface area contributed by atoms with Gasteiger partial charge in [0.15, 0.2) is 11.5 Å². The molecule has 2 N–H and O–H groups in total. The van der Waals surface area contributed by atoms with Gasteiger partial charge in [0.2, 0.25) is 17.7 Å². The predicted molar refractivity (Wildman–Crippen MR) is 172 cm³/mol. The topological polar surface area (TPSA) is 127 Å². The number of rotatable bonds is 8. The molecule has 5 heterocycles. The molecule has 3 aliphatic heterocycles. The van der Waals surface area contributed by atoms with E-state index in [4.69, 9.17) is 47.6 Å². The number of aliphatic imine (C=N–C) groups is 1. The van der Waals surface area contributed by atoms with E-state index in [0.717, 1.165) is 43.0 Å². The van der Waals surface area contributed by atoms with E-state index < -0.39 is 0 Å². The van der Waals surface area contributed by atoms with Gasteiger partial charge in [0.1, 0.15) is 5.69 Å². The number of halogens is 2. The van der Waals surface area contributed by atoms with Crippen molar-refractivity contribution in [2.75, 3.05) is 46.9 Å². The SMILES string of the molecule is COc1nc(-c2cccc(-c3cccc(-c4cnc(C5=NCCN5)c(OC)n4)c3Cl)c2Cl)cnc1CN1CC2(CNC(=O)C2)C1. The minimum absolute atomic E-state index is 0.0363. The van der Waals surface area contributed by atoms with Gasteiger partial charge in [0, 0.05) is 66.8 Å². The number of nitrogens with zero attached hydrogens (tertiary/aromatic N) is 6. The molecule has 0 bridgehead atoms. The highest BCUT2D eigenvalue weighted by Gasteiger charge is 2.48. The lowest BCUT2D eigenvalue weighted by Gasteiger charge is -2.46. The number of aromatic nitrogens is 4. The lowest BCUT2D eigenvalue weighted by Crippen LogP contribution is -2.56. The number of ether oxygens (including phenoxy) is 2. The number of hydrogen-bond acceptors (Lipinski definition) is 10. The Morgan fingerprint density at radius 1 is 0.867 bits per heavy atom. The van der Waals surface area contributed by atoms with E-state index in [-0.39, 0.29) is 11.3 Å². The van der Waals surface area contributed by atoms with Crippen molar-refractivity contribution in [1.29, 1.82) is 0 Å². The molecule has 0 unspecified atom stereocenters. The molecule has 1 amide bonds. The highest BCUT2D eigenvalue weighted by atomic mass is 35.5. The van der Waals surface area contributed by atoms with E-state index in [0.29, 0.717) is 75.4 Å². The quantitative estimate of drug-likeness (QED) is 0.289. The number of carbonyl (C=O) groups excluding carboxylic acids is 1. The van der Waals surface area contributed by atoms with Gasteiger partial charge in [0.05, 0.1) is 54.6 Å². The number of likely N-dealkylation sites (tertiary alicyclic amines) is 1. The van der Waals surface area contributed by atoms with Crippen LogP contribution in [0.2, 0.25) is 10.0 Å². The molecule has 4 aromatic rings. The predicted octanol–water partition coefficient (Wildman–Crippen LogP) is 4.26. The summed E-state index contributed by atoms with van der Waals surface area (Å²) in [5.41, 5.74) is 5.31. The molecule has 2 aromatic heterocycles. The second-order valence-electron chi connectivity index (χ2n) is 11.4. The number of amides is 1. The van der Waals surface area contributed by atoms with Crippen molar-refractivity contribution in [1.82, 2.24) is 35.5 Å². The minimum Gasteiger partial charge on any atom is -0.480 e. The van der Waals surface area contributed by atoms with Gasteiger partial charge in [-0.15, -0.1) is 0 Å². The van der Waals surface area contributed by atoms with Crippen LogP contribution in [0.5, 0.6) is 11.8 Å². The standard InChI is InChI=1S/C32H30Cl2N8O3/c1-44-30-24(14-42-16-32(17-42)11-25(43)39-15-32)37-12-22(40-30)20-7-3-5-18(26(20)33)19-6-4-8-21(27(19)34)23-13-38-28(31(41-23)45-2)29-35-9-10-36-29/h3-8,12-13H,9-11,14-17H2,1-2H3,(H,35,36)(H,39,43). The maximum Gasteiger partial charge on any atom is 0.244 e. The van der Waals surface area contributed by atoms with Gasteiger partial charge in [-0.25, -0.2) is 15.0 Å². The van der Waals surface area contributed by atoms with Crippen molar-refractivity contribution in [2.45, 2.75) is 13.0 Å². The van der Waals surface area contributed by atoms with Crippen molar-refractivity contribution < 1.29 is 14.3 Å². The number of methoxy groups -OCH3 is 2. The summed E-state index contributed by atoms with van der Waals surface area (Å²) in [6, 6.07) is 11.4. The van der Waals surface area contributed by atoms with Gasteiger partial charge in [0.25, 0.3) is 0 Å². The number of benzene rings is 2. The Labute approximate surface area is 270 Å². The van der Waals surface area contributed by atoms with Crippen LogP contribution in [-0.4, -0.2) is 83.5 Å². The van der Waals surface area contributed by atoms with Crippen molar-refractivity contribution in [3.8, 4) is 45.4 Å². The number of hydrogen-bond donors (Lipinski definition) is 2. The number of nitrogens with one attached hydrogen (secondary N) is 2. The van der Waals surface area contributed by atoms with Crippen LogP contribution in [0.15, 0.2) is 53.8 Å². The van der Waals surface area contributed by atoms with Gasteiger partial charge in [-0.3, -0.25) is 19.7 Å². The third-order valence-electron chi connectivity index (χ3n) is 8.36. The molecule has 0 aliphatic carbocycles. The first kappa shape index (κ1) is 29.4. The van der Waals surface area contributed by atoms with Crippen LogP contribution in [0.3, 0.4) is 0 Å². The van der Waals surface area contributed by atoms with E-state index in [1.807, 2.05) is 36.4 Å². The van der Waals surface area contributed by atoms with Gasteiger partial charge >= 0.3 is 0 Å². The second kappa shape index (κ2) is 11.9. The van der Waals surface area contributed by atoms with Crippen LogP contribution in [0.25, 0.3) is 33.6 Å². The lowest BCUT2D eigenvalue weighted by atomic mass is 9.79. The Morgan fingerprint density at radius 3 is 2.07 bits per heavy atom. The molecular weight excluding hydrogens is 615 g/mol. The lowest BCUT2D eigenvalue weighted by molar-refractivity contribution is -0.120. The first-order valence-electron chi connectivity index (χ1n) is 14.5. The minimum atomic E-state index is 0.0363. The van der Waals surface area contributed by atoms with Gasteiger partial charge in [-0.1, -0.05) is 59.6 Å². The molecule has 2 fully saturated rings. The molecule has 7 rings (SSSR count). The fraction of sp³-hybridized carbons (Fsp3) is 0.312. The maximum absolute atomic E-state index is 11.7. The molecule has 11 nitrogen and oxygen atoms in total. The summed E-state index contributed by atoms with van der Waals surface area (Å²) in [4.78, 5) is 37.1. The first-order valence-corrected chi connectivity index (χ1v) is 15.3. The first-order chi connectivity index (χ1) is 21.9. The highest BCUT2D eigenvalue weighted by Crippen LogP contribution is 2.42. The third-order valence-corrected chi connectivity index (χ3v) is 9.18. The monoisotopic (exact) mass is 644 g/mol. The Balaban J connectivity index is 1.16. The summed E-state index contributed by atoms with van der Waals surface area (Å²) >= 11 is 14.1. The maximum atomic E-state index is 11.7. The van der Waals surface area contributed by atoms with Crippen LogP contribution in [0, 0.1) is 5.41 Å². The van der Waals surface area contributed by atoms with Crippen molar-refractivity contribution in [3.63, 3.8) is 0 Å². The Bertz CT molecular complexity index is 1840.